The molecule has 0 bridgehead atoms. The summed E-state index contributed by atoms with van der Waals surface area (Å²) in [4.78, 5) is 16.7. The number of imidazole rings is 1. The molecular formula is C19H12BrN5. The average Bonchev–Trinajstić information content (AvgIpc) is 3.06. The largest absolute Gasteiger partial charge is 0.337 e. The summed E-state index contributed by atoms with van der Waals surface area (Å²) in [6.45, 7) is 2.03. The molecule has 120 valence electrons. The summed E-state index contributed by atoms with van der Waals surface area (Å²) >= 11 is 3.50. The van der Waals surface area contributed by atoms with Gasteiger partial charge in [0.25, 0.3) is 0 Å². The first kappa shape index (κ1) is 15.5. The standard InChI is InChI=1S/C19H12BrN5/c1-11-7-14(20)8-16-17(11)25-19(24-16)15-5-4-13(10-23-15)18-12(9-21)3-2-6-22-18/h2-8,10H,1H3,(H,24,25). The summed E-state index contributed by atoms with van der Waals surface area (Å²) in [5, 5.41) is 9.21. The third-order valence-corrected chi connectivity index (χ3v) is 4.41. The van der Waals surface area contributed by atoms with Crippen LogP contribution in [0.25, 0.3) is 33.8 Å². The molecule has 0 spiro atoms. The zero-order valence-corrected chi connectivity index (χ0v) is 14.9. The Balaban J connectivity index is 1.76. The van der Waals surface area contributed by atoms with Crippen molar-refractivity contribution < 1.29 is 0 Å². The highest BCUT2D eigenvalue weighted by atomic mass is 79.9. The molecule has 1 N–H and O–H groups in total. The van der Waals surface area contributed by atoms with Crippen LogP contribution in [0.5, 0.6) is 0 Å². The van der Waals surface area contributed by atoms with Crippen LogP contribution in [-0.4, -0.2) is 19.9 Å². The van der Waals surface area contributed by atoms with Crippen molar-refractivity contribution in [3.63, 3.8) is 0 Å². The number of nitriles is 1. The van der Waals surface area contributed by atoms with Crippen LogP contribution in [0.1, 0.15) is 11.1 Å². The van der Waals surface area contributed by atoms with Crippen LogP contribution in [0.2, 0.25) is 0 Å². The van der Waals surface area contributed by atoms with Gasteiger partial charge in [0.05, 0.1) is 22.3 Å². The van der Waals surface area contributed by atoms with Gasteiger partial charge >= 0.3 is 0 Å². The van der Waals surface area contributed by atoms with Crippen molar-refractivity contribution in [2.24, 2.45) is 0 Å². The van der Waals surface area contributed by atoms with Gasteiger partial charge in [0, 0.05) is 22.4 Å². The lowest BCUT2D eigenvalue weighted by Crippen LogP contribution is -1.91. The number of H-pyrrole nitrogens is 1. The van der Waals surface area contributed by atoms with Gasteiger partial charge < -0.3 is 4.98 Å². The maximum Gasteiger partial charge on any atom is 0.157 e. The Kier molecular flexibility index (Phi) is 3.79. The molecule has 25 heavy (non-hydrogen) atoms. The summed E-state index contributed by atoms with van der Waals surface area (Å²) in [6, 6.07) is 13.5. The van der Waals surface area contributed by atoms with Crippen LogP contribution in [0.15, 0.2) is 53.3 Å². The number of aryl methyl sites for hydroxylation is 1. The highest BCUT2D eigenvalue weighted by Crippen LogP contribution is 2.26. The minimum atomic E-state index is 0.529. The maximum absolute atomic E-state index is 9.21. The molecule has 0 atom stereocenters. The fraction of sp³-hybridized carbons (Fsp3) is 0.0526. The van der Waals surface area contributed by atoms with Crippen molar-refractivity contribution in [2.75, 3.05) is 0 Å². The van der Waals surface area contributed by atoms with Gasteiger partial charge in [0.2, 0.25) is 0 Å². The monoisotopic (exact) mass is 389 g/mol. The van der Waals surface area contributed by atoms with E-state index in [-0.39, 0.29) is 0 Å². The zero-order valence-electron chi connectivity index (χ0n) is 13.3. The molecule has 0 fully saturated rings. The summed E-state index contributed by atoms with van der Waals surface area (Å²) < 4.78 is 1.01. The van der Waals surface area contributed by atoms with E-state index in [0.717, 1.165) is 32.3 Å². The number of rotatable bonds is 2. The molecular weight excluding hydrogens is 378 g/mol. The molecule has 6 heteroatoms. The first-order valence-electron chi connectivity index (χ1n) is 7.63. The second kappa shape index (κ2) is 6.11. The lowest BCUT2D eigenvalue weighted by Gasteiger charge is -2.03. The SMILES string of the molecule is Cc1cc(Br)cc2[nH]c(-c3ccc(-c4ncccc4C#N)cn3)nc12. The van der Waals surface area contributed by atoms with Gasteiger partial charge in [-0.25, -0.2) is 4.98 Å². The molecule has 4 rings (SSSR count). The molecule has 0 saturated heterocycles. The fourth-order valence-corrected chi connectivity index (χ4v) is 3.34. The molecule has 0 unspecified atom stereocenters. The number of benzene rings is 1. The first-order chi connectivity index (χ1) is 12.2. The Morgan fingerprint density at radius 1 is 1.16 bits per heavy atom. The van der Waals surface area contributed by atoms with E-state index in [4.69, 9.17) is 0 Å². The number of halogens is 1. The molecule has 5 nitrogen and oxygen atoms in total. The second-order valence-electron chi connectivity index (χ2n) is 5.65. The third kappa shape index (κ3) is 2.79. The number of aromatic amines is 1. The van der Waals surface area contributed by atoms with Gasteiger partial charge in [0.1, 0.15) is 11.8 Å². The predicted octanol–water partition coefficient (Wildman–Crippen LogP) is 4.63. The van der Waals surface area contributed by atoms with Crippen molar-refractivity contribution in [3.8, 4) is 28.8 Å². The molecule has 0 amide bonds. The summed E-state index contributed by atoms with van der Waals surface area (Å²) in [7, 11) is 0. The van der Waals surface area contributed by atoms with E-state index in [0.29, 0.717) is 17.1 Å². The van der Waals surface area contributed by atoms with E-state index in [9.17, 15) is 5.26 Å². The van der Waals surface area contributed by atoms with Gasteiger partial charge in [0.15, 0.2) is 5.82 Å². The van der Waals surface area contributed by atoms with E-state index >= 15 is 0 Å². The fourth-order valence-electron chi connectivity index (χ4n) is 2.77. The summed E-state index contributed by atoms with van der Waals surface area (Å²) in [5.74, 6) is 0.712. The molecule has 1 aromatic carbocycles. The maximum atomic E-state index is 9.21. The highest BCUT2D eigenvalue weighted by Gasteiger charge is 2.11. The average molecular weight is 390 g/mol. The van der Waals surface area contributed by atoms with E-state index in [1.165, 1.54) is 0 Å². The molecule has 0 aliphatic carbocycles. The first-order valence-corrected chi connectivity index (χ1v) is 8.43. The van der Waals surface area contributed by atoms with Crippen LogP contribution in [0.3, 0.4) is 0 Å². The quantitative estimate of drug-likeness (QED) is 0.541. The van der Waals surface area contributed by atoms with Crippen molar-refractivity contribution >= 4 is 27.0 Å². The Labute approximate surface area is 152 Å². The summed E-state index contributed by atoms with van der Waals surface area (Å²) in [6.07, 6.45) is 3.39. The lowest BCUT2D eigenvalue weighted by atomic mass is 10.1. The molecule has 3 aromatic heterocycles. The molecule has 0 saturated carbocycles. The molecule has 0 aliphatic rings. The van der Waals surface area contributed by atoms with Gasteiger partial charge in [-0.2, -0.15) is 5.26 Å². The van der Waals surface area contributed by atoms with Crippen LogP contribution >= 0.6 is 15.9 Å². The summed E-state index contributed by atoms with van der Waals surface area (Å²) in [5.41, 5.74) is 5.69. The third-order valence-electron chi connectivity index (χ3n) is 3.95. The predicted molar refractivity (Wildman–Crippen MR) is 99.7 cm³/mol. The second-order valence-corrected chi connectivity index (χ2v) is 6.56. The number of pyridine rings is 2. The minimum absolute atomic E-state index is 0.529. The molecule has 3 heterocycles. The van der Waals surface area contributed by atoms with Gasteiger partial charge in [-0.15, -0.1) is 0 Å². The van der Waals surface area contributed by atoms with Crippen LogP contribution in [0.4, 0.5) is 0 Å². The number of hydrogen-bond donors (Lipinski definition) is 1. The van der Waals surface area contributed by atoms with Crippen molar-refractivity contribution in [1.82, 2.24) is 19.9 Å². The van der Waals surface area contributed by atoms with Gasteiger partial charge in [-0.05, 0) is 48.9 Å². The number of fused-ring (bicyclic) bond motifs is 1. The normalized spacial score (nSPS) is 10.8. The number of nitrogens with zero attached hydrogens (tertiary/aromatic N) is 4. The van der Waals surface area contributed by atoms with Crippen molar-refractivity contribution in [1.29, 1.82) is 5.26 Å². The van der Waals surface area contributed by atoms with E-state index in [1.807, 2.05) is 31.2 Å². The molecule has 4 aromatic rings. The Hall–Kier alpha value is -3.04. The lowest BCUT2D eigenvalue weighted by molar-refractivity contribution is 1.22. The Bertz CT molecular complexity index is 1120. The minimum Gasteiger partial charge on any atom is -0.337 e. The number of nitrogens with one attached hydrogen (secondary N) is 1. The van der Waals surface area contributed by atoms with Gasteiger partial charge in [-0.3, -0.25) is 9.97 Å². The highest BCUT2D eigenvalue weighted by molar-refractivity contribution is 9.10. The van der Waals surface area contributed by atoms with Crippen LogP contribution in [0, 0.1) is 18.3 Å². The molecule has 0 radical (unpaired) electrons. The van der Waals surface area contributed by atoms with E-state index in [2.05, 4.69) is 41.9 Å². The Morgan fingerprint density at radius 3 is 2.80 bits per heavy atom. The number of aromatic nitrogens is 4. The Morgan fingerprint density at radius 2 is 2.04 bits per heavy atom. The molecule has 0 aliphatic heterocycles. The van der Waals surface area contributed by atoms with Gasteiger partial charge in [-0.1, -0.05) is 15.9 Å². The zero-order chi connectivity index (χ0) is 17.4. The van der Waals surface area contributed by atoms with E-state index < -0.39 is 0 Å². The van der Waals surface area contributed by atoms with Crippen molar-refractivity contribution in [2.45, 2.75) is 6.92 Å². The smallest absolute Gasteiger partial charge is 0.157 e. The van der Waals surface area contributed by atoms with Crippen LogP contribution in [-0.2, 0) is 0 Å². The topological polar surface area (TPSA) is 78.2 Å². The number of hydrogen-bond acceptors (Lipinski definition) is 4. The van der Waals surface area contributed by atoms with E-state index in [1.54, 1.807) is 24.5 Å². The van der Waals surface area contributed by atoms with Crippen molar-refractivity contribution in [3.05, 3.63) is 64.4 Å². The van der Waals surface area contributed by atoms with Crippen LogP contribution < -0.4 is 0 Å².